The molecule has 38 heavy (non-hydrogen) atoms. The molecular weight excluding hydrogens is 468 g/mol. The highest BCUT2D eigenvalue weighted by molar-refractivity contribution is 6.02. The lowest BCUT2D eigenvalue weighted by Crippen LogP contribution is -2.51. The number of piperidine rings is 2. The van der Waals surface area contributed by atoms with Crippen LogP contribution in [0.15, 0.2) is 78.9 Å². The van der Waals surface area contributed by atoms with Crippen LogP contribution < -0.4 is 5.32 Å². The minimum atomic E-state index is -0.288. The third kappa shape index (κ3) is 5.82. The molecule has 0 saturated carbocycles. The van der Waals surface area contributed by atoms with Crippen LogP contribution in [-0.4, -0.2) is 48.7 Å². The van der Waals surface area contributed by atoms with Gasteiger partial charge in [0.1, 0.15) is 0 Å². The number of nitrogens with zero attached hydrogens (tertiary/aromatic N) is 1. The fraction of sp³-hybridized carbons (Fsp3) is 0.412. The van der Waals surface area contributed by atoms with E-state index >= 15 is 0 Å². The number of hydrogen-bond donors (Lipinski definition) is 1. The van der Waals surface area contributed by atoms with E-state index in [1.165, 1.54) is 30.4 Å². The summed E-state index contributed by atoms with van der Waals surface area (Å²) in [5, 5.41) is 3.67. The average Bonchev–Trinajstić information content (AvgIpc) is 2.98. The van der Waals surface area contributed by atoms with Gasteiger partial charge in [-0.05, 0) is 62.9 Å². The lowest BCUT2D eigenvalue weighted by atomic mass is 9.67. The van der Waals surface area contributed by atoms with E-state index in [1.807, 2.05) is 60.7 Å². The molecule has 0 radical (unpaired) electrons. The summed E-state index contributed by atoms with van der Waals surface area (Å²) in [6, 6.07) is 26.2. The van der Waals surface area contributed by atoms with E-state index in [-0.39, 0.29) is 29.3 Å². The summed E-state index contributed by atoms with van der Waals surface area (Å²) in [6.45, 7) is 7.60. The summed E-state index contributed by atoms with van der Waals surface area (Å²) in [5.74, 6) is -0.461. The Labute approximate surface area is 227 Å². The average molecular weight is 509 g/mol. The Kier molecular flexibility index (Phi) is 8.51. The zero-order valence-corrected chi connectivity index (χ0v) is 22.7. The van der Waals surface area contributed by atoms with E-state index < -0.39 is 0 Å². The van der Waals surface area contributed by atoms with Crippen molar-refractivity contribution in [1.29, 1.82) is 0 Å². The van der Waals surface area contributed by atoms with Crippen LogP contribution in [0.1, 0.15) is 69.0 Å². The molecule has 2 unspecified atom stereocenters. The van der Waals surface area contributed by atoms with Crippen LogP contribution in [0.25, 0.3) is 0 Å². The molecule has 5 rings (SSSR count). The molecule has 3 aromatic carbocycles. The lowest BCUT2D eigenvalue weighted by Gasteiger charge is -2.44. The number of ketones is 2. The van der Waals surface area contributed by atoms with Crippen LogP contribution in [0.2, 0.25) is 0 Å². The molecule has 0 aliphatic carbocycles. The molecule has 1 N–H and O–H groups in total. The molecule has 2 aliphatic heterocycles. The summed E-state index contributed by atoms with van der Waals surface area (Å²) in [4.78, 5) is 30.8. The number of aryl methyl sites for hydroxylation is 1. The Bertz CT molecular complexity index is 1170. The number of carbonyl (C=O) groups excluding carboxylic acids is 2. The van der Waals surface area contributed by atoms with Gasteiger partial charge in [-0.15, -0.1) is 0 Å². The summed E-state index contributed by atoms with van der Waals surface area (Å²) in [5.41, 5.74) is 4.99. The highest BCUT2D eigenvalue weighted by atomic mass is 16.1. The van der Waals surface area contributed by atoms with Crippen LogP contribution in [0.4, 0.5) is 0 Å². The van der Waals surface area contributed by atoms with Crippen molar-refractivity contribution in [3.63, 3.8) is 0 Å². The Morgan fingerprint density at radius 2 is 1.39 bits per heavy atom. The Balaban J connectivity index is 1.54. The Morgan fingerprint density at radius 1 is 0.789 bits per heavy atom. The number of likely N-dealkylation sites (tertiary alicyclic amines) is 1. The first-order valence-electron chi connectivity index (χ1n) is 14.2. The van der Waals surface area contributed by atoms with Gasteiger partial charge in [0.05, 0.1) is 0 Å². The molecule has 0 aromatic heterocycles. The molecule has 4 nitrogen and oxygen atoms in total. The molecule has 198 valence electrons. The van der Waals surface area contributed by atoms with Crippen molar-refractivity contribution < 1.29 is 9.59 Å². The molecule has 2 aliphatic rings. The monoisotopic (exact) mass is 508 g/mol. The van der Waals surface area contributed by atoms with Crippen molar-refractivity contribution in [2.45, 2.75) is 51.5 Å². The zero-order valence-electron chi connectivity index (χ0n) is 22.7. The van der Waals surface area contributed by atoms with Gasteiger partial charge in [-0.1, -0.05) is 85.3 Å². The molecule has 0 amide bonds. The normalized spacial score (nSPS) is 24.2. The maximum atomic E-state index is 14.2. The highest BCUT2D eigenvalue weighted by Crippen LogP contribution is 2.42. The van der Waals surface area contributed by atoms with Gasteiger partial charge in [0.2, 0.25) is 0 Å². The molecular formula is C34H40N2O2. The summed E-state index contributed by atoms with van der Waals surface area (Å²) in [7, 11) is 0. The fourth-order valence-corrected chi connectivity index (χ4v) is 6.52. The zero-order chi connectivity index (χ0) is 26.5. The number of rotatable bonds is 8. The molecule has 2 heterocycles. The van der Waals surface area contributed by atoms with E-state index in [9.17, 15) is 9.59 Å². The topological polar surface area (TPSA) is 49.4 Å². The minimum Gasteiger partial charge on any atom is -0.314 e. The van der Waals surface area contributed by atoms with Gasteiger partial charge < -0.3 is 10.2 Å². The number of Topliss-reactive ketones (excluding diaryl/α,β-unsaturated/α-hetero) is 2. The van der Waals surface area contributed by atoms with Crippen LogP contribution in [0.5, 0.6) is 0 Å². The van der Waals surface area contributed by atoms with E-state index in [2.05, 4.69) is 42.3 Å². The number of hydrogen-bond acceptors (Lipinski definition) is 4. The van der Waals surface area contributed by atoms with Crippen LogP contribution in [0, 0.1) is 25.7 Å². The molecule has 4 heteroatoms. The van der Waals surface area contributed by atoms with Crippen LogP contribution in [-0.2, 0) is 0 Å². The predicted octanol–water partition coefficient (Wildman–Crippen LogP) is 6.23. The van der Waals surface area contributed by atoms with Gasteiger partial charge in [-0.2, -0.15) is 0 Å². The first-order chi connectivity index (χ1) is 18.5. The van der Waals surface area contributed by atoms with E-state index in [0.29, 0.717) is 19.1 Å². The Hall–Kier alpha value is -3.08. The van der Waals surface area contributed by atoms with Crippen molar-refractivity contribution in [3.05, 3.63) is 107 Å². The number of benzene rings is 3. The van der Waals surface area contributed by atoms with Gasteiger partial charge in [0.25, 0.3) is 0 Å². The fourth-order valence-electron chi connectivity index (χ4n) is 6.52. The summed E-state index contributed by atoms with van der Waals surface area (Å²) in [6.07, 6.45) is 4.78. The molecule has 0 bridgehead atoms. The van der Waals surface area contributed by atoms with Crippen molar-refractivity contribution in [1.82, 2.24) is 10.2 Å². The standard InChI is InChI=1S/C34H40N2O2/c1-24-12-11-18-29(25(24)2)32-30(33(37)26-13-5-3-6-14-26)22-36(21-19-28-17-9-10-20-35-28)23-31(32)34(38)27-15-7-4-8-16-27/h3-8,11-16,18,28,30-32,35H,9-10,17,19-23H2,1-2H3/t28?,30-,31+,32?. The summed E-state index contributed by atoms with van der Waals surface area (Å²) < 4.78 is 0. The predicted molar refractivity (Wildman–Crippen MR) is 154 cm³/mol. The van der Waals surface area contributed by atoms with Crippen molar-refractivity contribution in [3.8, 4) is 0 Å². The molecule has 3 aromatic rings. The van der Waals surface area contributed by atoms with Crippen LogP contribution >= 0.6 is 0 Å². The maximum absolute atomic E-state index is 14.2. The lowest BCUT2D eigenvalue weighted by molar-refractivity contribution is 0.0561. The smallest absolute Gasteiger partial charge is 0.167 e. The van der Waals surface area contributed by atoms with Crippen molar-refractivity contribution >= 4 is 11.6 Å². The highest BCUT2D eigenvalue weighted by Gasteiger charge is 2.45. The van der Waals surface area contributed by atoms with E-state index in [0.717, 1.165) is 36.2 Å². The second-order valence-electron chi connectivity index (χ2n) is 11.2. The first kappa shape index (κ1) is 26.5. The largest absolute Gasteiger partial charge is 0.314 e. The summed E-state index contributed by atoms with van der Waals surface area (Å²) >= 11 is 0. The molecule has 2 saturated heterocycles. The first-order valence-corrected chi connectivity index (χ1v) is 14.2. The van der Waals surface area contributed by atoms with Crippen LogP contribution in [0.3, 0.4) is 0 Å². The Morgan fingerprint density at radius 3 is 1.95 bits per heavy atom. The maximum Gasteiger partial charge on any atom is 0.167 e. The van der Waals surface area contributed by atoms with Gasteiger partial charge in [0, 0.05) is 48.0 Å². The van der Waals surface area contributed by atoms with E-state index in [1.54, 1.807) is 0 Å². The number of nitrogens with one attached hydrogen (secondary N) is 1. The SMILES string of the molecule is Cc1cccc(C2[C@@H](C(=O)c3ccccc3)CN(CCC3CCCCN3)C[C@H]2C(=O)c2ccccc2)c1C. The quantitative estimate of drug-likeness (QED) is 0.366. The third-order valence-electron chi connectivity index (χ3n) is 8.78. The second-order valence-corrected chi connectivity index (χ2v) is 11.2. The number of carbonyl (C=O) groups is 2. The minimum absolute atomic E-state index is 0.142. The van der Waals surface area contributed by atoms with Gasteiger partial charge in [0.15, 0.2) is 11.6 Å². The van der Waals surface area contributed by atoms with Crippen molar-refractivity contribution in [2.24, 2.45) is 11.8 Å². The molecule has 4 atom stereocenters. The molecule has 0 spiro atoms. The third-order valence-corrected chi connectivity index (χ3v) is 8.78. The second kappa shape index (κ2) is 12.2. The van der Waals surface area contributed by atoms with Crippen molar-refractivity contribution in [2.75, 3.05) is 26.2 Å². The van der Waals surface area contributed by atoms with E-state index in [4.69, 9.17) is 0 Å². The van der Waals surface area contributed by atoms with Gasteiger partial charge in [-0.25, -0.2) is 0 Å². The van der Waals surface area contributed by atoms with Gasteiger partial charge >= 0.3 is 0 Å². The van der Waals surface area contributed by atoms with Gasteiger partial charge in [-0.3, -0.25) is 9.59 Å². The molecule has 2 fully saturated rings.